The van der Waals surface area contributed by atoms with Crippen LogP contribution in [-0.2, 0) is 10.0 Å². The van der Waals surface area contributed by atoms with Gasteiger partial charge in [-0.15, -0.1) is 11.3 Å². The summed E-state index contributed by atoms with van der Waals surface area (Å²) in [5.74, 6) is -0.107. The Bertz CT molecular complexity index is 899. The lowest BCUT2D eigenvalue weighted by molar-refractivity contribution is 0.0905. The quantitative estimate of drug-likeness (QED) is 0.704. The SMILES string of the molecule is CC(=O)c1cccc(S(=O)(=O)N2CCN(CC(=O)c3cccs3)CC2)c1. The molecule has 1 aliphatic rings. The van der Waals surface area contributed by atoms with E-state index in [2.05, 4.69) is 0 Å². The highest BCUT2D eigenvalue weighted by Crippen LogP contribution is 2.19. The zero-order valence-corrected chi connectivity index (χ0v) is 16.1. The van der Waals surface area contributed by atoms with Crippen LogP contribution in [0.4, 0.5) is 0 Å². The summed E-state index contributed by atoms with van der Waals surface area (Å²) in [6.07, 6.45) is 0. The van der Waals surface area contributed by atoms with Crippen LogP contribution in [0, 0.1) is 0 Å². The summed E-state index contributed by atoms with van der Waals surface area (Å²) in [4.78, 5) is 26.5. The number of nitrogens with zero attached hydrogens (tertiary/aromatic N) is 2. The van der Waals surface area contributed by atoms with E-state index < -0.39 is 10.0 Å². The predicted molar refractivity (Wildman–Crippen MR) is 100 cm³/mol. The molecule has 1 aromatic carbocycles. The summed E-state index contributed by atoms with van der Waals surface area (Å²) in [7, 11) is -3.64. The third kappa shape index (κ3) is 4.09. The monoisotopic (exact) mass is 392 g/mol. The van der Waals surface area contributed by atoms with Crippen molar-refractivity contribution in [1.29, 1.82) is 0 Å². The largest absolute Gasteiger partial charge is 0.295 e. The van der Waals surface area contributed by atoms with Crippen molar-refractivity contribution in [2.24, 2.45) is 0 Å². The molecule has 138 valence electrons. The lowest BCUT2D eigenvalue weighted by Gasteiger charge is -2.33. The lowest BCUT2D eigenvalue weighted by Crippen LogP contribution is -2.49. The first kappa shape index (κ1) is 18.9. The van der Waals surface area contributed by atoms with Crippen LogP contribution in [0.3, 0.4) is 0 Å². The molecule has 1 aliphatic heterocycles. The molecule has 1 aromatic heterocycles. The second-order valence-corrected chi connectivity index (χ2v) is 9.05. The Morgan fingerprint density at radius 3 is 2.42 bits per heavy atom. The second kappa shape index (κ2) is 7.79. The molecular formula is C18H20N2O4S2. The van der Waals surface area contributed by atoms with Gasteiger partial charge in [0.25, 0.3) is 0 Å². The fourth-order valence-corrected chi connectivity index (χ4v) is 5.00. The molecular weight excluding hydrogens is 372 g/mol. The van der Waals surface area contributed by atoms with Crippen LogP contribution in [0.5, 0.6) is 0 Å². The number of Topliss-reactive ketones (excluding diaryl/α,β-unsaturated/α-hetero) is 2. The number of rotatable bonds is 6. The zero-order valence-electron chi connectivity index (χ0n) is 14.4. The fraction of sp³-hybridized carbons (Fsp3) is 0.333. The number of carbonyl (C=O) groups is 2. The highest BCUT2D eigenvalue weighted by molar-refractivity contribution is 7.89. The first-order valence-corrected chi connectivity index (χ1v) is 10.6. The fourth-order valence-electron chi connectivity index (χ4n) is 2.87. The smallest absolute Gasteiger partial charge is 0.243 e. The average molecular weight is 393 g/mol. The molecule has 0 spiro atoms. The molecule has 0 saturated carbocycles. The van der Waals surface area contributed by atoms with E-state index in [1.807, 2.05) is 16.3 Å². The number of piperazine rings is 1. The second-order valence-electron chi connectivity index (χ2n) is 6.16. The maximum Gasteiger partial charge on any atom is 0.243 e. The molecule has 1 fully saturated rings. The van der Waals surface area contributed by atoms with Gasteiger partial charge in [0, 0.05) is 31.7 Å². The Morgan fingerprint density at radius 1 is 1.08 bits per heavy atom. The number of sulfonamides is 1. The standard InChI is InChI=1S/C18H20N2O4S2/c1-14(21)15-4-2-5-16(12-15)26(23,24)20-9-7-19(8-10-20)13-17(22)18-6-3-11-25-18/h2-6,11-12H,7-10,13H2,1H3. The highest BCUT2D eigenvalue weighted by atomic mass is 32.2. The Kier molecular flexibility index (Phi) is 5.67. The normalized spacial score (nSPS) is 16.5. The molecule has 2 aromatic rings. The molecule has 1 saturated heterocycles. The molecule has 6 nitrogen and oxygen atoms in total. The van der Waals surface area contributed by atoms with Crippen LogP contribution in [0.15, 0.2) is 46.7 Å². The average Bonchev–Trinajstić information content (AvgIpc) is 3.17. The van der Waals surface area contributed by atoms with Gasteiger partial charge in [-0.25, -0.2) is 8.42 Å². The maximum atomic E-state index is 12.8. The zero-order chi connectivity index (χ0) is 18.7. The third-order valence-corrected chi connectivity index (χ3v) is 7.18. The third-order valence-electron chi connectivity index (χ3n) is 4.37. The number of ketones is 2. The van der Waals surface area contributed by atoms with Gasteiger partial charge in [-0.2, -0.15) is 4.31 Å². The van der Waals surface area contributed by atoms with Gasteiger partial charge in [-0.1, -0.05) is 18.2 Å². The first-order chi connectivity index (χ1) is 12.4. The van der Waals surface area contributed by atoms with Crippen LogP contribution >= 0.6 is 11.3 Å². The molecule has 8 heteroatoms. The van der Waals surface area contributed by atoms with E-state index in [-0.39, 0.29) is 16.5 Å². The van der Waals surface area contributed by atoms with Crippen LogP contribution in [-0.4, -0.2) is 61.9 Å². The number of thiophene rings is 1. The molecule has 0 bridgehead atoms. The van der Waals surface area contributed by atoms with Crippen molar-refractivity contribution in [1.82, 2.24) is 9.21 Å². The van der Waals surface area contributed by atoms with Gasteiger partial charge in [-0.05, 0) is 30.5 Å². The highest BCUT2D eigenvalue weighted by Gasteiger charge is 2.29. The van der Waals surface area contributed by atoms with Crippen molar-refractivity contribution in [3.63, 3.8) is 0 Å². The summed E-state index contributed by atoms with van der Waals surface area (Å²) in [5, 5.41) is 1.87. The summed E-state index contributed by atoms with van der Waals surface area (Å²) >= 11 is 1.42. The number of hydrogen-bond donors (Lipinski definition) is 0. The number of benzene rings is 1. The van der Waals surface area contributed by atoms with Crippen LogP contribution < -0.4 is 0 Å². The van der Waals surface area contributed by atoms with Crippen molar-refractivity contribution in [2.75, 3.05) is 32.7 Å². The van der Waals surface area contributed by atoms with Gasteiger partial charge in [0.1, 0.15) is 0 Å². The van der Waals surface area contributed by atoms with Crippen molar-refractivity contribution in [3.05, 3.63) is 52.2 Å². The molecule has 26 heavy (non-hydrogen) atoms. The Morgan fingerprint density at radius 2 is 1.81 bits per heavy atom. The molecule has 2 heterocycles. The molecule has 0 aliphatic carbocycles. The van der Waals surface area contributed by atoms with E-state index in [0.29, 0.717) is 38.3 Å². The minimum absolute atomic E-state index is 0.0606. The van der Waals surface area contributed by atoms with Crippen molar-refractivity contribution < 1.29 is 18.0 Å². The molecule has 0 atom stereocenters. The van der Waals surface area contributed by atoms with Crippen molar-refractivity contribution in [3.8, 4) is 0 Å². The van der Waals surface area contributed by atoms with Gasteiger partial charge < -0.3 is 0 Å². The van der Waals surface area contributed by atoms with Crippen LogP contribution in [0.25, 0.3) is 0 Å². The summed E-state index contributed by atoms with van der Waals surface area (Å²) in [6.45, 7) is 3.36. The molecule has 0 radical (unpaired) electrons. The van der Waals surface area contributed by atoms with Crippen LogP contribution in [0.2, 0.25) is 0 Å². The van der Waals surface area contributed by atoms with Gasteiger partial charge in [0.2, 0.25) is 10.0 Å². The first-order valence-electron chi connectivity index (χ1n) is 8.28. The molecule has 3 rings (SSSR count). The summed E-state index contributed by atoms with van der Waals surface area (Å²) in [6, 6.07) is 9.77. The van der Waals surface area contributed by atoms with Gasteiger partial charge in [-0.3, -0.25) is 14.5 Å². The van der Waals surface area contributed by atoms with E-state index >= 15 is 0 Å². The maximum absolute atomic E-state index is 12.8. The predicted octanol–water partition coefficient (Wildman–Crippen LogP) is 2.14. The summed E-state index contributed by atoms with van der Waals surface area (Å²) < 4.78 is 27.0. The van der Waals surface area contributed by atoms with Gasteiger partial charge in [0.05, 0.1) is 16.3 Å². The van der Waals surface area contributed by atoms with Crippen molar-refractivity contribution in [2.45, 2.75) is 11.8 Å². The summed E-state index contributed by atoms with van der Waals surface area (Å²) in [5.41, 5.74) is 0.381. The Hall–Kier alpha value is -1.87. The minimum Gasteiger partial charge on any atom is -0.295 e. The van der Waals surface area contributed by atoms with E-state index in [9.17, 15) is 18.0 Å². The Labute approximate surface area is 157 Å². The van der Waals surface area contributed by atoms with E-state index in [0.717, 1.165) is 4.88 Å². The number of carbonyl (C=O) groups excluding carboxylic acids is 2. The molecule has 0 unspecified atom stereocenters. The van der Waals surface area contributed by atoms with Gasteiger partial charge >= 0.3 is 0 Å². The number of hydrogen-bond acceptors (Lipinski definition) is 6. The lowest BCUT2D eigenvalue weighted by atomic mass is 10.2. The van der Waals surface area contributed by atoms with E-state index in [1.54, 1.807) is 18.2 Å². The van der Waals surface area contributed by atoms with Crippen LogP contribution in [0.1, 0.15) is 27.0 Å². The van der Waals surface area contributed by atoms with E-state index in [4.69, 9.17) is 0 Å². The topological polar surface area (TPSA) is 74.8 Å². The van der Waals surface area contributed by atoms with E-state index in [1.165, 1.54) is 34.7 Å². The minimum atomic E-state index is -3.64. The Balaban J connectivity index is 1.64. The molecule has 0 N–H and O–H groups in total. The van der Waals surface area contributed by atoms with Gasteiger partial charge in [0.15, 0.2) is 11.6 Å². The molecule has 0 amide bonds. The van der Waals surface area contributed by atoms with Crippen molar-refractivity contribution >= 4 is 32.9 Å².